The molecule has 0 amide bonds. The summed E-state index contributed by atoms with van der Waals surface area (Å²) in [6.07, 6.45) is 0. The summed E-state index contributed by atoms with van der Waals surface area (Å²) in [5.41, 5.74) is 2.77. The molecule has 0 radical (unpaired) electrons. The normalized spacial score (nSPS) is 11.0. The minimum atomic E-state index is -0.473. The summed E-state index contributed by atoms with van der Waals surface area (Å²) in [5.74, 6) is 0.874. The fourth-order valence-corrected chi connectivity index (χ4v) is 4.18. The molecule has 0 fully saturated rings. The Labute approximate surface area is 202 Å². The van der Waals surface area contributed by atoms with E-state index in [1.807, 2.05) is 31.2 Å². The van der Waals surface area contributed by atoms with Gasteiger partial charge >= 0.3 is 0 Å². The average molecular weight is 489 g/mol. The molecule has 0 atom stereocenters. The van der Waals surface area contributed by atoms with Crippen LogP contribution in [0.5, 0.6) is 0 Å². The van der Waals surface area contributed by atoms with E-state index in [1.54, 1.807) is 34.9 Å². The van der Waals surface area contributed by atoms with Gasteiger partial charge in [-0.2, -0.15) is 0 Å². The fraction of sp³-hybridized carbons (Fsp3) is 0.0833. The Hall–Kier alpha value is -4.38. The van der Waals surface area contributed by atoms with E-state index in [2.05, 4.69) is 20.4 Å². The Bertz CT molecular complexity index is 1500. The predicted molar refractivity (Wildman–Crippen MR) is 127 cm³/mol. The van der Waals surface area contributed by atoms with E-state index in [0.717, 1.165) is 11.3 Å². The van der Waals surface area contributed by atoms with Gasteiger partial charge in [-0.3, -0.25) is 14.7 Å². The van der Waals surface area contributed by atoms with Gasteiger partial charge in [0.25, 0.3) is 5.69 Å². The third-order valence-electron chi connectivity index (χ3n) is 5.16. The highest BCUT2D eigenvalue weighted by atomic mass is 32.2. The van der Waals surface area contributed by atoms with Gasteiger partial charge in [0.1, 0.15) is 5.82 Å². The number of aryl methyl sites for hydroxylation is 1. The van der Waals surface area contributed by atoms with E-state index in [1.165, 1.54) is 30.0 Å². The van der Waals surface area contributed by atoms with Gasteiger partial charge in [-0.15, -0.1) is 20.4 Å². The number of hydrogen-bond donors (Lipinski definition) is 0. The molecule has 11 heteroatoms. The van der Waals surface area contributed by atoms with E-state index in [-0.39, 0.29) is 11.6 Å². The van der Waals surface area contributed by atoms with Crippen LogP contribution < -0.4 is 0 Å². The van der Waals surface area contributed by atoms with Gasteiger partial charge in [-0.25, -0.2) is 4.39 Å². The van der Waals surface area contributed by atoms with Crippen LogP contribution in [0.2, 0.25) is 0 Å². The van der Waals surface area contributed by atoms with Crippen LogP contribution >= 0.6 is 11.8 Å². The van der Waals surface area contributed by atoms with Gasteiger partial charge in [0.15, 0.2) is 11.0 Å². The summed E-state index contributed by atoms with van der Waals surface area (Å²) < 4.78 is 22.1. The molecular weight excluding hydrogens is 471 g/mol. The van der Waals surface area contributed by atoms with Crippen molar-refractivity contribution in [2.45, 2.75) is 17.8 Å². The Morgan fingerprint density at radius 1 is 0.971 bits per heavy atom. The zero-order valence-electron chi connectivity index (χ0n) is 18.3. The lowest BCUT2D eigenvalue weighted by atomic mass is 10.2. The second-order valence-electron chi connectivity index (χ2n) is 7.55. The number of rotatable bonds is 7. The number of nitrogens with zero attached hydrogens (tertiary/aromatic N) is 6. The van der Waals surface area contributed by atoms with Crippen molar-refractivity contribution in [3.8, 4) is 28.5 Å². The summed E-state index contributed by atoms with van der Waals surface area (Å²) in [6.45, 7) is 1.99. The average Bonchev–Trinajstić information content (AvgIpc) is 3.51. The lowest BCUT2D eigenvalue weighted by Gasteiger charge is -2.10. The van der Waals surface area contributed by atoms with E-state index in [9.17, 15) is 14.5 Å². The maximum Gasteiger partial charge on any atom is 0.269 e. The van der Waals surface area contributed by atoms with Crippen LogP contribution in [0.25, 0.3) is 28.5 Å². The highest BCUT2D eigenvalue weighted by molar-refractivity contribution is 7.98. The number of non-ortho nitro benzene ring substituents is 1. The second-order valence-corrected chi connectivity index (χ2v) is 8.49. The van der Waals surface area contributed by atoms with Crippen LogP contribution in [0.3, 0.4) is 0 Å². The molecule has 0 saturated carbocycles. The number of aromatic nitrogens is 5. The Balaban J connectivity index is 1.42. The molecule has 174 valence electrons. The SMILES string of the molecule is Cc1ccc(-n2c(SCc3nnc(-c4ccc([N+](=O)[O-])cc4)o3)nnc2-c2ccccc2F)cc1. The van der Waals surface area contributed by atoms with Gasteiger partial charge in [0.05, 0.1) is 16.2 Å². The van der Waals surface area contributed by atoms with E-state index >= 15 is 0 Å². The largest absolute Gasteiger partial charge is 0.420 e. The minimum absolute atomic E-state index is 0.0230. The quantitative estimate of drug-likeness (QED) is 0.164. The zero-order valence-corrected chi connectivity index (χ0v) is 19.1. The minimum Gasteiger partial charge on any atom is -0.420 e. The number of benzene rings is 3. The molecule has 2 heterocycles. The van der Waals surface area contributed by atoms with Crippen molar-refractivity contribution >= 4 is 17.4 Å². The van der Waals surface area contributed by atoms with Crippen molar-refractivity contribution in [2.75, 3.05) is 0 Å². The molecule has 2 aromatic heterocycles. The number of halogens is 1. The highest BCUT2D eigenvalue weighted by Gasteiger charge is 2.20. The van der Waals surface area contributed by atoms with Crippen molar-refractivity contribution in [3.63, 3.8) is 0 Å². The highest BCUT2D eigenvalue weighted by Crippen LogP contribution is 2.31. The van der Waals surface area contributed by atoms with E-state index in [4.69, 9.17) is 4.42 Å². The van der Waals surface area contributed by atoms with Gasteiger partial charge in [0.2, 0.25) is 11.8 Å². The number of thioether (sulfide) groups is 1. The topological polar surface area (TPSA) is 113 Å². The molecule has 0 unspecified atom stereocenters. The molecular formula is C24H17FN6O3S. The molecule has 0 bridgehead atoms. The summed E-state index contributed by atoms with van der Waals surface area (Å²) in [5, 5.41) is 28.0. The molecule has 5 rings (SSSR count). The van der Waals surface area contributed by atoms with Crippen LogP contribution in [0, 0.1) is 22.9 Å². The van der Waals surface area contributed by atoms with Crippen molar-refractivity contribution in [1.82, 2.24) is 25.0 Å². The fourth-order valence-electron chi connectivity index (χ4n) is 3.39. The number of hydrogen-bond acceptors (Lipinski definition) is 8. The summed E-state index contributed by atoms with van der Waals surface area (Å²) >= 11 is 1.32. The lowest BCUT2D eigenvalue weighted by Crippen LogP contribution is -2.01. The Kier molecular flexibility index (Phi) is 6.06. The maximum absolute atomic E-state index is 14.6. The molecule has 35 heavy (non-hydrogen) atoms. The van der Waals surface area contributed by atoms with Gasteiger partial charge in [-0.05, 0) is 43.3 Å². The van der Waals surface area contributed by atoms with Crippen molar-refractivity contribution < 1.29 is 13.7 Å². The maximum atomic E-state index is 14.6. The van der Waals surface area contributed by atoms with Crippen LogP contribution in [-0.4, -0.2) is 29.9 Å². The van der Waals surface area contributed by atoms with Crippen molar-refractivity contribution in [2.24, 2.45) is 0 Å². The Morgan fingerprint density at radius 2 is 1.71 bits per heavy atom. The monoisotopic (exact) mass is 488 g/mol. The van der Waals surface area contributed by atoms with Crippen LogP contribution in [-0.2, 0) is 5.75 Å². The molecule has 3 aromatic carbocycles. The zero-order chi connectivity index (χ0) is 24.4. The first kappa shape index (κ1) is 22.4. The van der Waals surface area contributed by atoms with Crippen molar-refractivity contribution in [1.29, 1.82) is 0 Å². The smallest absolute Gasteiger partial charge is 0.269 e. The number of nitro benzene ring substituents is 1. The molecule has 0 spiro atoms. The number of nitro groups is 1. The van der Waals surface area contributed by atoms with Gasteiger partial charge in [-0.1, -0.05) is 41.6 Å². The van der Waals surface area contributed by atoms with Crippen LogP contribution in [0.1, 0.15) is 11.5 Å². The molecule has 0 aliphatic heterocycles. The third-order valence-corrected chi connectivity index (χ3v) is 6.07. The van der Waals surface area contributed by atoms with Gasteiger partial charge < -0.3 is 4.42 Å². The van der Waals surface area contributed by atoms with E-state index in [0.29, 0.717) is 33.8 Å². The first-order valence-corrected chi connectivity index (χ1v) is 11.5. The second kappa shape index (κ2) is 9.47. The first-order chi connectivity index (χ1) is 17.0. The predicted octanol–water partition coefficient (Wildman–Crippen LogP) is 5.63. The molecule has 5 aromatic rings. The van der Waals surface area contributed by atoms with Gasteiger partial charge in [0, 0.05) is 23.4 Å². The standard InChI is InChI=1S/C24H17FN6O3S/c1-15-6-10-17(11-7-15)30-22(19-4-2-3-5-20(19)25)27-29-24(30)35-14-21-26-28-23(34-21)16-8-12-18(13-9-16)31(32)33/h2-13H,14H2,1H3. The molecule has 0 saturated heterocycles. The molecule has 0 N–H and O–H groups in total. The van der Waals surface area contributed by atoms with Crippen LogP contribution in [0.15, 0.2) is 82.4 Å². The third kappa shape index (κ3) is 4.66. The molecule has 9 nitrogen and oxygen atoms in total. The van der Waals surface area contributed by atoms with Crippen molar-refractivity contribution in [3.05, 3.63) is 100 Å². The molecule has 0 aliphatic rings. The lowest BCUT2D eigenvalue weighted by molar-refractivity contribution is -0.384. The first-order valence-electron chi connectivity index (χ1n) is 10.5. The molecule has 0 aliphatic carbocycles. The van der Waals surface area contributed by atoms with Crippen LogP contribution in [0.4, 0.5) is 10.1 Å². The summed E-state index contributed by atoms with van der Waals surface area (Å²) in [6, 6.07) is 20.0. The Morgan fingerprint density at radius 3 is 2.43 bits per heavy atom. The summed E-state index contributed by atoms with van der Waals surface area (Å²) in [4.78, 5) is 10.4. The summed E-state index contributed by atoms with van der Waals surface area (Å²) in [7, 11) is 0. The van der Waals surface area contributed by atoms with E-state index < -0.39 is 10.7 Å².